The molecule has 2 aromatic carbocycles. The number of carbonyl (C=O) groups excluding carboxylic acids is 2. The van der Waals surface area contributed by atoms with Crippen molar-refractivity contribution in [1.82, 2.24) is 4.98 Å². The van der Waals surface area contributed by atoms with Crippen molar-refractivity contribution in [1.29, 1.82) is 0 Å². The Morgan fingerprint density at radius 3 is 2.50 bits per heavy atom. The van der Waals surface area contributed by atoms with Crippen LogP contribution in [0.3, 0.4) is 0 Å². The SMILES string of the molecule is COc1ccc(C2CC(=O)c3cc(C(=O)Nc4cccc(C)c4)c(=O)[nH]c3C2)cc1OC. The van der Waals surface area contributed by atoms with Crippen LogP contribution in [0.1, 0.15) is 49.9 Å². The zero-order valence-electron chi connectivity index (χ0n) is 18.2. The summed E-state index contributed by atoms with van der Waals surface area (Å²) in [6.45, 7) is 1.91. The summed E-state index contributed by atoms with van der Waals surface area (Å²) >= 11 is 0. The number of benzene rings is 2. The predicted molar refractivity (Wildman–Crippen MR) is 121 cm³/mol. The first-order chi connectivity index (χ1) is 15.4. The summed E-state index contributed by atoms with van der Waals surface area (Å²) in [5.74, 6) is 0.412. The minimum atomic E-state index is -0.547. The normalized spacial score (nSPS) is 15.1. The lowest BCUT2D eigenvalue weighted by molar-refractivity contribution is 0.0963. The molecular formula is C25H24N2O5. The number of aryl methyl sites for hydroxylation is 1. The number of ketones is 1. The summed E-state index contributed by atoms with van der Waals surface area (Å²) in [4.78, 5) is 41.0. The van der Waals surface area contributed by atoms with Crippen LogP contribution < -0.4 is 20.3 Å². The van der Waals surface area contributed by atoms with Crippen molar-refractivity contribution in [3.05, 3.63) is 86.8 Å². The maximum absolute atomic E-state index is 12.9. The van der Waals surface area contributed by atoms with Gasteiger partial charge in [0.05, 0.1) is 14.2 Å². The molecule has 1 atom stereocenters. The van der Waals surface area contributed by atoms with Gasteiger partial charge in [-0.05, 0) is 60.7 Å². The molecule has 1 heterocycles. The van der Waals surface area contributed by atoms with Gasteiger partial charge in [-0.3, -0.25) is 14.4 Å². The number of carbonyl (C=O) groups is 2. The van der Waals surface area contributed by atoms with E-state index in [4.69, 9.17) is 9.47 Å². The molecule has 0 radical (unpaired) electrons. The van der Waals surface area contributed by atoms with E-state index in [0.29, 0.717) is 34.9 Å². The van der Waals surface area contributed by atoms with E-state index in [0.717, 1.165) is 11.1 Å². The van der Waals surface area contributed by atoms with Crippen LogP contribution in [0.4, 0.5) is 5.69 Å². The molecule has 0 fully saturated rings. The lowest BCUT2D eigenvalue weighted by Gasteiger charge is -2.24. The fourth-order valence-corrected chi connectivity index (χ4v) is 4.06. The van der Waals surface area contributed by atoms with Crippen molar-refractivity contribution in [2.45, 2.75) is 25.7 Å². The molecule has 0 aliphatic heterocycles. The molecule has 3 aromatic rings. The number of nitrogens with one attached hydrogen (secondary N) is 2. The molecule has 7 nitrogen and oxygen atoms in total. The summed E-state index contributed by atoms with van der Waals surface area (Å²) < 4.78 is 10.6. The monoisotopic (exact) mass is 432 g/mol. The largest absolute Gasteiger partial charge is 0.493 e. The second kappa shape index (κ2) is 8.70. The smallest absolute Gasteiger partial charge is 0.261 e. The highest BCUT2D eigenvalue weighted by atomic mass is 16.5. The van der Waals surface area contributed by atoms with E-state index in [2.05, 4.69) is 10.3 Å². The molecule has 4 rings (SSSR count). The number of H-pyrrole nitrogens is 1. The highest BCUT2D eigenvalue weighted by Crippen LogP contribution is 2.36. The maximum atomic E-state index is 12.9. The quantitative estimate of drug-likeness (QED) is 0.638. The topological polar surface area (TPSA) is 97.5 Å². The van der Waals surface area contributed by atoms with Gasteiger partial charge in [0, 0.05) is 23.4 Å². The summed E-state index contributed by atoms with van der Waals surface area (Å²) in [7, 11) is 3.12. The lowest BCUT2D eigenvalue weighted by Crippen LogP contribution is -2.29. The molecule has 1 aliphatic carbocycles. The first-order valence-electron chi connectivity index (χ1n) is 10.3. The Morgan fingerprint density at radius 1 is 1.00 bits per heavy atom. The summed E-state index contributed by atoms with van der Waals surface area (Å²) in [6, 6.07) is 14.2. The van der Waals surface area contributed by atoms with Gasteiger partial charge in [0.2, 0.25) is 0 Å². The van der Waals surface area contributed by atoms with E-state index in [1.807, 2.05) is 37.3 Å². The number of ether oxygens (including phenoxy) is 2. The van der Waals surface area contributed by atoms with Gasteiger partial charge in [-0.2, -0.15) is 0 Å². The Bertz CT molecular complexity index is 1260. The highest BCUT2D eigenvalue weighted by Gasteiger charge is 2.29. The average molecular weight is 432 g/mol. The number of anilines is 1. The Hall–Kier alpha value is -3.87. The van der Waals surface area contributed by atoms with Crippen LogP contribution in [0.25, 0.3) is 0 Å². The molecular weight excluding hydrogens is 408 g/mol. The average Bonchev–Trinajstić information content (AvgIpc) is 2.78. The third-order valence-corrected chi connectivity index (χ3v) is 5.71. The first kappa shape index (κ1) is 21.4. The number of pyridine rings is 1. The summed E-state index contributed by atoms with van der Waals surface area (Å²) in [5.41, 5.74) is 2.82. The summed E-state index contributed by atoms with van der Waals surface area (Å²) in [5, 5.41) is 2.72. The number of rotatable bonds is 5. The molecule has 0 bridgehead atoms. The fourth-order valence-electron chi connectivity index (χ4n) is 4.06. The molecule has 1 unspecified atom stereocenters. The van der Waals surface area contributed by atoms with Crippen molar-refractivity contribution in [2.75, 3.05) is 19.5 Å². The van der Waals surface area contributed by atoms with Gasteiger partial charge < -0.3 is 19.8 Å². The number of Topliss-reactive ketones (excluding diaryl/α,β-unsaturated/α-hetero) is 1. The van der Waals surface area contributed by atoms with Crippen LogP contribution in [-0.4, -0.2) is 30.9 Å². The number of aromatic nitrogens is 1. The van der Waals surface area contributed by atoms with Crippen LogP contribution >= 0.6 is 0 Å². The second-order valence-electron chi connectivity index (χ2n) is 7.87. The first-order valence-corrected chi connectivity index (χ1v) is 10.3. The molecule has 1 amide bonds. The molecule has 164 valence electrons. The van der Waals surface area contributed by atoms with Crippen LogP contribution in [0, 0.1) is 6.92 Å². The number of methoxy groups -OCH3 is 2. The van der Waals surface area contributed by atoms with E-state index >= 15 is 0 Å². The second-order valence-corrected chi connectivity index (χ2v) is 7.87. The van der Waals surface area contributed by atoms with E-state index in [9.17, 15) is 14.4 Å². The molecule has 1 aliphatic rings. The molecule has 2 N–H and O–H groups in total. The third-order valence-electron chi connectivity index (χ3n) is 5.71. The molecule has 32 heavy (non-hydrogen) atoms. The number of fused-ring (bicyclic) bond motifs is 1. The Morgan fingerprint density at radius 2 is 1.78 bits per heavy atom. The third kappa shape index (κ3) is 4.14. The van der Waals surface area contributed by atoms with Gasteiger partial charge >= 0.3 is 0 Å². The zero-order chi connectivity index (χ0) is 22.8. The summed E-state index contributed by atoms with van der Waals surface area (Å²) in [6.07, 6.45) is 0.749. The van der Waals surface area contributed by atoms with Gasteiger partial charge in [0.15, 0.2) is 17.3 Å². The van der Waals surface area contributed by atoms with Crippen molar-refractivity contribution in [2.24, 2.45) is 0 Å². The van der Waals surface area contributed by atoms with Crippen molar-refractivity contribution in [3.8, 4) is 11.5 Å². The van der Waals surface area contributed by atoms with Crippen LogP contribution in [0.15, 0.2) is 53.3 Å². The predicted octanol–water partition coefficient (Wildman–Crippen LogP) is 3.87. The molecule has 7 heteroatoms. The Labute approximate surface area is 185 Å². The lowest BCUT2D eigenvalue weighted by atomic mass is 9.81. The fraction of sp³-hybridized carbons (Fsp3) is 0.240. The molecule has 1 aromatic heterocycles. The van der Waals surface area contributed by atoms with E-state index in [-0.39, 0.29) is 23.7 Å². The van der Waals surface area contributed by atoms with Crippen LogP contribution in [-0.2, 0) is 6.42 Å². The van der Waals surface area contributed by atoms with Crippen molar-refractivity contribution < 1.29 is 19.1 Å². The Balaban J connectivity index is 1.61. The van der Waals surface area contributed by atoms with Gasteiger partial charge in [0.1, 0.15) is 5.56 Å². The van der Waals surface area contributed by atoms with Gasteiger partial charge in [0.25, 0.3) is 11.5 Å². The minimum absolute atomic E-state index is 0.0804. The molecule has 0 saturated heterocycles. The van der Waals surface area contributed by atoms with Gasteiger partial charge in [-0.25, -0.2) is 0 Å². The molecule has 0 saturated carbocycles. The number of hydrogen-bond donors (Lipinski definition) is 2. The number of aromatic amines is 1. The van der Waals surface area contributed by atoms with Crippen LogP contribution in [0.5, 0.6) is 11.5 Å². The van der Waals surface area contributed by atoms with Crippen molar-refractivity contribution >= 4 is 17.4 Å². The highest BCUT2D eigenvalue weighted by molar-refractivity contribution is 6.06. The Kier molecular flexibility index (Phi) is 5.81. The van der Waals surface area contributed by atoms with E-state index in [1.54, 1.807) is 26.4 Å². The van der Waals surface area contributed by atoms with Gasteiger partial charge in [-0.15, -0.1) is 0 Å². The van der Waals surface area contributed by atoms with E-state index < -0.39 is 11.5 Å². The van der Waals surface area contributed by atoms with Crippen LogP contribution in [0.2, 0.25) is 0 Å². The van der Waals surface area contributed by atoms with Gasteiger partial charge in [-0.1, -0.05) is 18.2 Å². The maximum Gasteiger partial charge on any atom is 0.261 e. The minimum Gasteiger partial charge on any atom is -0.493 e. The number of hydrogen-bond acceptors (Lipinski definition) is 5. The number of amides is 1. The standard InChI is InChI=1S/C25H24N2O5/c1-14-5-4-6-17(9-14)26-24(29)19-13-18-20(27-25(19)30)10-16(11-21(18)28)15-7-8-22(31-2)23(12-15)32-3/h4-9,12-13,16H,10-11H2,1-3H3,(H,26,29)(H,27,30). The van der Waals surface area contributed by atoms with E-state index in [1.165, 1.54) is 6.07 Å². The van der Waals surface area contributed by atoms with Crippen molar-refractivity contribution in [3.63, 3.8) is 0 Å². The zero-order valence-corrected chi connectivity index (χ0v) is 18.2. The molecule has 0 spiro atoms.